The van der Waals surface area contributed by atoms with Gasteiger partial charge in [-0.2, -0.15) is 5.10 Å². The van der Waals surface area contributed by atoms with Gasteiger partial charge in [-0.1, -0.05) is 12.1 Å². The molecule has 3 rings (SSSR count). The van der Waals surface area contributed by atoms with Gasteiger partial charge in [-0.25, -0.2) is 5.43 Å². The Balaban J connectivity index is 1.72. The lowest BCUT2D eigenvalue weighted by molar-refractivity contribution is 0.0953. The van der Waals surface area contributed by atoms with Crippen LogP contribution in [0.1, 0.15) is 21.5 Å². The van der Waals surface area contributed by atoms with Gasteiger partial charge in [-0.15, -0.1) is 0 Å². The van der Waals surface area contributed by atoms with Crippen molar-refractivity contribution in [3.05, 3.63) is 87.8 Å². The summed E-state index contributed by atoms with van der Waals surface area (Å²) >= 11 is 0. The second kappa shape index (κ2) is 8.75. The maximum absolute atomic E-state index is 12.6. The van der Waals surface area contributed by atoms with Crippen molar-refractivity contribution in [3.63, 3.8) is 0 Å². The van der Waals surface area contributed by atoms with Crippen molar-refractivity contribution in [2.24, 2.45) is 5.10 Å². The zero-order valence-electron chi connectivity index (χ0n) is 15.6. The highest BCUT2D eigenvalue weighted by molar-refractivity contribution is 5.94. The molecule has 0 aliphatic heterocycles. The molecule has 0 spiro atoms. The fraction of sp³-hybridized carbons (Fsp3) is 0.0952. The van der Waals surface area contributed by atoms with E-state index in [0.717, 1.165) is 5.56 Å². The molecule has 0 atom stereocenters. The number of carbonyl (C=O) groups excluding carboxylic acids is 1. The van der Waals surface area contributed by atoms with Crippen molar-refractivity contribution < 1.29 is 19.7 Å². The quantitative estimate of drug-likeness (QED) is 0.337. The average molecular weight is 393 g/mol. The number of phenols is 2. The molecule has 8 nitrogen and oxygen atoms in total. The molecule has 29 heavy (non-hydrogen) atoms. The van der Waals surface area contributed by atoms with Gasteiger partial charge in [0.2, 0.25) is 0 Å². The van der Waals surface area contributed by atoms with Gasteiger partial charge in [0.05, 0.1) is 19.9 Å². The fourth-order valence-corrected chi connectivity index (χ4v) is 2.61. The summed E-state index contributed by atoms with van der Waals surface area (Å²) in [5.41, 5.74) is 3.14. The number of aromatic nitrogens is 1. The van der Waals surface area contributed by atoms with Gasteiger partial charge in [0.15, 0.2) is 11.5 Å². The molecule has 0 saturated carbocycles. The first-order valence-electron chi connectivity index (χ1n) is 8.65. The number of phenolic OH excluding ortho intramolecular Hbond substituents is 2. The Kier molecular flexibility index (Phi) is 5.94. The average Bonchev–Trinajstić information content (AvgIpc) is 2.72. The standard InChI is InChI=1S/C21H19N3O5/c1-29-16-7-4-14(5-8-16)13-24-10-2-3-17(21(24)28)20(27)23-22-12-15-6-9-18(25)19(26)11-15/h2-12,25-26H,13H2,1H3,(H,23,27)/b22-12-. The van der Waals surface area contributed by atoms with E-state index >= 15 is 0 Å². The van der Waals surface area contributed by atoms with E-state index in [4.69, 9.17) is 4.74 Å². The highest BCUT2D eigenvalue weighted by Gasteiger charge is 2.11. The van der Waals surface area contributed by atoms with E-state index in [1.165, 1.54) is 35.0 Å². The summed E-state index contributed by atoms with van der Waals surface area (Å²) in [5.74, 6) is -0.495. The molecule has 0 radical (unpaired) electrons. The Labute approximate surface area is 166 Å². The molecule has 0 unspecified atom stereocenters. The van der Waals surface area contributed by atoms with Crippen LogP contribution in [0.4, 0.5) is 0 Å². The molecule has 0 fully saturated rings. The monoisotopic (exact) mass is 393 g/mol. The smallest absolute Gasteiger partial charge is 0.276 e. The number of hydrazone groups is 1. The Morgan fingerprint density at radius 1 is 1.14 bits per heavy atom. The van der Waals surface area contributed by atoms with Crippen LogP contribution in [0.5, 0.6) is 17.2 Å². The SMILES string of the molecule is COc1ccc(Cn2cccc(C(=O)N/N=C\c3ccc(O)c(O)c3)c2=O)cc1. The van der Waals surface area contributed by atoms with Gasteiger partial charge >= 0.3 is 0 Å². The number of carbonyl (C=O) groups is 1. The lowest BCUT2D eigenvalue weighted by Gasteiger charge is -2.08. The molecular formula is C21H19N3O5. The molecule has 1 heterocycles. The number of pyridine rings is 1. The number of ether oxygens (including phenoxy) is 1. The van der Waals surface area contributed by atoms with Crippen LogP contribution in [-0.2, 0) is 6.54 Å². The first-order chi connectivity index (χ1) is 14.0. The van der Waals surface area contributed by atoms with Crippen LogP contribution in [0, 0.1) is 0 Å². The van der Waals surface area contributed by atoms with Gasteiger partial charge < -0.3 is 19.5 Å². The van der Waals surface area contributed by atoms with Gasteiger partial charge in [-0.3, -0.25) is 9.59 Å². The van der Waals surface area contributed by atoms with Gasteiger partial charge in [0.1, 0.15) is 11.3 Å². The second-order valence-electron chi connectivity index (χ2n) is 6.15. The Bertz CT molecular complexity index is 1100. The molecule has 1 amide bonds. The Morgan fingerprint density at radius 2 is 1.90 bits per heavy atom. The van der Waals surface area contributed by atoms with Crippen LogP contribution in [0.3, 0.4) is 0 Å². The van der Waals surface area contributed by atoms with E-state index in [1.807, 2.05) is 12.1 Å². The van der Waals surface area contributed by atoms with Crippen molar-refractivity contribution in [2.75, 3.05) is 7.11 Å². The molecule has 0 aliphatic carbocycles. The van der Waals surface area contributed by atoms with Crippen LogP contribution in [0.2, 0.25) is 0 Å². The van der Waals surface area contributed by atoms with E-state index in [2.05, 4.69) is 10.5 Å². The van der Waals surface area contributed by atoms with Crippen LogP contribution >= 0.6 is 0 Å². The molecule has 0 aliphatic rings. The van der Waals surface area contributed by atoms with Crippen molar-refractivity contribution in [3.8, 4) is 17.2 Å². The molecule has 3 N–H and O–H groups in total. The maximum Gasteiger partial charge on any atom is 0.276 e. The summed E-state index contributed by atoms with van der Waals surface area (Å²) in [6, 6.07) is 14.4. The van der Waals surface area contributed by atoms with Crippen molar-refractivity contribution in [1.29, 1.82) is 0 Å². The highest BCUT2D eigenvalue weighted by Crippen LogP contribution is 2.23. The molecular weight excluding hydrogens is 374 g/mol. The zero-order valence-corrected chi connectivity index (χ0v) is 15.6. The predicted octanol–water partition coefficient (Wildman–Crippen LogP) is 2.08. The number of aromatic hydroxyl groups is 2. The van der Waals surface area contributed by atoms with Gasteiger partial charge in [0, 0.05) is 6.20 Å². The lowest BCUT2D eigenvalue weighted by atomic mass is 10.2. The third-order valence-corrected chi connectivity index (χ3v) is 4.16. The Hall–Kier alpha value is -4.07. The van der Waals surface area contributed by atoms with Crippen LogP contribution < -0.4 is 15.7 Å². The minimum Gasteiger partial charge on any atom is -0.504 e. The summed E-state index contributed by atoms with van der Waals surface area (Å²) in [7, 11) is 1.58. The fourth-order valence-electron chi connectivity index (χ4n) is 2.61. The molecule has 148 valence electrons. The first kappa shape index (κ1) is 19.7. The first-order valence-corrected chi connectivity index (χ1v) is 8.65. The predicted molar refractivity (Wildman–Crippen MR) is 108 cm³/mol. The van der Waals surface area contributed by atoms with Crippen LogP contribution in [0.25, 0.3) is 0 Å². The van der Waals surface area contributed by atoms with E-state index in [9.17, 15) is 19.8 Å². The highest BCUT2D eigenvalue weighted by atomic mass is 16.5. The summed E-state index contributed by atoms with van der Waals surface area (Å²) in [4.78, 5) is 24.9. The van der Waals surface area contributed by atoms with E-state index in [0.29, 0.717) is 17.9 Å². The topological polar surface area (TPSA) is 113 Å². The third kappa shape index (κ3) is 4.81. The molecule has 8 heteroatoms. The number of hydrogen-bond acceptors (Lipinski definition) is 6. The van der Waals surface area contributed by atoms with Crippen LogP contribution in [0.15, 0.2) is 70.7 Å². The molecule has 0 saturated heterocycles. The third-order valence-electron chi connectivity index (χ3n) is 4.16. The molecule has 0 bridgehead atoms. The lowest BCUT2D eigenvalue weighted by Crippen LogP contribution is -2.30. The van der Waals surface area contributed by atoms with E-state index < -0.39 is 11.5 Å². The van der Waals surface area contributed by atoms with E-state index in [-0.39, 0.29) is 17.1 Å². The van der Waals surface area contributed by atoms with Crippen molar-refractivity contribution >= 4 is 12.1 Å². The van der Waals surface area contributed by atoms with E-state index in [1.54, 1.807) is 31.5 Å². The largest absolute Gasteiger partial charge is 0.504 e. The van der Waals surface area contributed by atoms with Crippen molar-refractivity contribution in [1.82, 2.24) is 9.99 Å². The number of nitrogens with zero attached hydrogens (tertiary/aromatic N) is 2. The number of amides is 1. The number of benzene rings is 2. The van der Waals surface area contributed by atoms with Gasteiger partial charge in [0.25, 0.3) is 11.5 Å². The summed E-state index contributed by atoms with van der Waals surface area (Å²) in [5, 5.41) is 22.5. The number of methoxy groups -OCH3 is 1. The van der Waals surface area contributed by atoms with Gasteiger partial charge in [-0.05, 0) is 53.6 Å². The molecule has 2 aromatic carbocycles. The summed E-state index contributed by atoms with van der Waals surface area (Å²) < 4.78 is 6.54. The number of hydrogen-bond donors (Lipinski definition) is 3. The normalized spacial score (nSPS) is 10.8. The molecule has 1 aromatic heterocycles. The van der Waals surface area contributed by atoms with Crippen LogP contribution in [-0.4, -0.2) is 34.0 Å². The summed E-state index contributed by atoms with van der Waals surface area (Å²) in [6.07, 6.45) is 2.89. The summed E-state index contributed by atoms with van der Waals surface area (Å²) in [6.45, 7) is 0.306. The Morgan fingerprint density at radius 3 is 2.59 bits per heavy atom. The molecule has 3 aromatic rings. The number of rotatable bonds is 6. The minimum absolute atomic E-state index is 0.0493. The second-order valence-corrected chi connectivity index (χ2v) is 6.15. The van der Waals surface area contributed by atoms with Crippen molar-refractivity contribution in [2.45, 2.75) is 6.54 Å². The maximum atomic E-state index is 12.6. The minimum atomic E-state index is -0.654. The number of nitrogens with one attached hydrogen (secondary N) is 1. The zero-order chi connectivity index (χ0) is 20.8.